The van der Waals surface area contributed by atoms with Crippen molar-refractivity contribution >= 4 is 11.9 Å². The molecular weight excluding hydrogens is 206 g/mol. The zero-order valence-electron chi connectivity index (χ0n) is 10.1. The van der Waals surface area contributed by atoms with Crippen molar-refractivity contribution < 1.29 is 14.3 Å². The predicted molar refractivity (Wildman–Crippen MR) is 62.9 cm³/mol. The second kappa shape index (κ2) is 10.4. The predicted octanol–water partition coefficient (Wildman–Crippen LogP) is 1.80. The summed E-state index contributed by atoms with van der Waals surface area (Å²) in [6.45, 7) is 6.86. The molecule has 0 aromatic carbocycles. The second-order valence-corrected chi connectivity index (χ2v) is 3.53. The molecule has 0 saturated carbocycles. The SMILES string of the molecule is CCCCNCCCC.O=C1C=CC(=O)O1. The lowest BCUT2D eigenvalue weighted by molar-refractivity contribution is -0.150. The molecule has 1 aliphatic heterocycles. The molecule has 0 aromatic heterocycles. The van der Waals surface area contributed by atoms with Gasteiger partial charge in [0, 0.05) is 12.2 Å². The van der Waals surface area contributed by atoms with E-state index in [1.54, 1.807) is 0 Å². The highest BCUT2D eigenvalue weighted by molar-refractivity contribution is 6.04. The molecule has 4 heteroatoms. The standard InChI is InChI=1S/C8H19N.C4H2O3/c1-3-5-7-9-8-6-4-2;5-3-1-2-4(6)7-3/h9H,3-8H2,1-2H3;1-2H. The third kappa shape index (κ3) is 9.40. The molecule has 0 amide bonds. The van der Waals surface area contributed by atoms with Gasteiger partial charge in [0.05, 0.1) is 0 Å². The van der Waals surface area contributed by atoms with Gasteiger partial charge >= 0.3 is 11.9 Å². The van der Waals surface area contributed by atoms with Gasteiger partial charge in [-0.25, -0.2) is 9.59 Å². The fraction of sp³-hybridized carbons (Fsp3) is 0.667. The zero-order valence-corrected chi connectivity index (χ0v) is 10.1. The van der Waals surface area contributed by atoms with Crippen molar-refractivity contribution in [3.05, 3.63) is 12.2 Å². The van der Waals surface area contributed by atoms with Crippen LogP contribution in [0.5, 0.6) is 0 Å². The Morgan fingerprint density at radius 2 is 1.44 bits per heavy atom. The summed E-state index contributed by atoms with van der Waals surface area (Å²) < 4.78 is 3.97. The molecule has 1 aliphatic rings. The number of unbranched alkanes of at least 4 members (excludes halogenated alkanes) is 2. The molecule has 0 aromatic rings. The molecule has 0 fully saturated rings. The quantitative estimate of drug-likeness (QED) is 0.427. The third-order valence-electron chi connectivity index (χ3n) is 1.97. The van der Waals surface area contributed by atoms with E-state index < -0.39 is 11.9 Å². The maximum absolute atomic E-state index is 9.92. The average Bonchev–Trinajstić information content (AvgIpc) is 2.63. The van der Waals surface area contributed by atoms with Gasteiger partial charge in [0.25, 0.3) is 0 Å². The summed E-state index contributed by atoms with van der Waals surface area (Å²) in [5.41, 5.74) is 0. The summed E-state index contributed by atoms with van der Waals surface area (Å²) in [6.07, 6.45) is 7.43. The van der Waals surface area contributed by atoms with Gasteiger partial charge in [0.15, 0.2) is 0 Å². The van der Waals surface area contributed by atoms with Crippen molar-refractivity contribution in [1.29, 1.82) is 0 Å². The van der Waals surface area contributed by atoms with Crippen LogP contribution in [-0.4, -0.2) is 25.0 Å². The number of rotatable bonds is 6. The van der Waals surface area contributed by atoms with Crippen LogP contribution in [0.3, 0.4) is 0 Å². The number of hydrogen-bond donors (Lipinski definition) is 1. The normalized spacial score (nSPS) is 13.4. The van der Waals surface area contributed by atoms with Crippen LogP contribution in [0.15, 0.2) is 12.2 Å². The summed E-state index contributed by atoms with van der Waals surface area (Å²) in [5, 5.41) is 3.39. The van der Waals surface area contributed by atoms with E-state index in [1.165, 1.54) is 38.8 Å². The number of carbonyl (C=O) groups excluding carboxylic acids is 2. The maximum atomic E-state index is 9.92. The minimum Gasteiger partial charge on any atom is -0.387 e. The van der Waals surface area contributed by atoms with E-state index in [0.29, 0.717) is 0 Å². The van der Waals surface area contributed by atoms with Crippen LogP contribution in [-0.2, 0) is 14.3 Å². The Morgan fingerprint density at radius 3 is 1.69 bits per heavy atom. The fourth-order valence-corrected chi connectivity index (χ4v) is 1.03. The highest BCUT2D eigenvalue weighted by Gasteiger charge is 2.10. The van der Waals surface area contributed by atoms with Crippen molar-refractivity contribution in [2.24, 2.45) is 0 Å². The van der Waals surface area contributed by atoms with Crippen LogP contribution in [0.4, 0.5) is 0 Å². The molecule has 1 N–H and O–H groups in total. The van der Waals surface area contributed by atoms with Crippen molar-refractivity contribution in [2.75, 3.05) is 13.1 Å². The smallest absolute Gasteiger partial charge is 0.338 e. The van der Waals surface area contributed by atoms with Crippen molar-refractivity contribution in [3.8, 4) is 0 Å². The molecular formula is C12H21NO3. The molecule has 0 bridgehead atoms. The van der Waals surface area contributed by atoms with Gasteiger partial charge in [0.2, 0.25) is 0 Å². The van der Waals surface area contributed by atoms with Gasteiger partial charge in [-0.15, -0.1) is 0 Å². The number of esters is 2. The lowest BCUT2D eigenvalue weighted by Crippen LogP contribution is -2.15. The minimum absolute atomic E-state index is 0.579. The van der Waals surface area contributed by atoms with E-state index in [4.69, 9.17) is 0 Å². The molecule has 0 radical (unpaired) electrons. The lowest BCUT2D eigenvalue weighted by atomic mass is 10.3. The number of carbonyl (C=O) groups is 2. The van der Waals surface area contributed by atoms with Crippen LogP contribution < -0.4 is 5.32 Å². The molecule has 4 nitrogen and oxygen atoms in total. The van der Waals surface area contributed by atoms with Gasteiger partial charge in [-0.05, 0) is 25.9 Å². The first-order valence-electron chi connectivity index (χ1n) is 5.85. The molecule has 0 unspecified atom stereocenters. The van der Waals surface area contributed by atoms with E-state index in [0.717, 1.165) is 12.2 Å². The number of hydrogen-bond acceptors (Lipinski definition) is 4. The lowest BCUT2D eigenvalue weighted by Gasteiger charge is -1.99. The molecule has 0 atom stereocenters. The first kappa shape index (κ1) is 14.8. The number of nitrogens with one attached hydrogen (secondary N) is 1. The van der Waals surface area contributed by atoms with Crippen LogP contribution in [0.25, 0.3) is 0 Å². The molecule has 1 rings (SSSR count). The first-order valence-corrected chi connectivity index (χ1v) is 5.85. The van der Waals surface area contributed by atoms with E-state index >= 15 is 0 Å². The second-order valence-electron chi connectivity index (χ2n) is 3.53. The molecule has 92 valence electrons. The van der Waals surface area contributed by atoms with Gasteiger partial charge in [-0.1, -0.05) is 26.7 Å². The average molecular weight is 227 g/mol. The molecule has 1 heterocycles. The third-order valence-corrected chi connectivity index (χ3v) is 1.97. The van der Waals surface area contributed by atoms with Crippen LogP contribution >= 0.6 is 0 Å². The highest BCUT2D eigenvalue weighted by atomic mass is 16.6. The zero-order chi connectivity index (χ0) is 12.2. The van der Waals surface area contributed by atoms with Crippen LogP contribution in [0.1, 0.15) is 39.5 Å². The van der Waals surface area contributed by atoms with Gasteiger partial charge in [0.1, 0.15) is 0 Å². The van der Waals surface area contributed by atoms with Crippen molar-refractivity contribution in [3.63, 3.8) is 0 Å². The summed E-state index contributed by atoms with van der Waals surface area (Å²) in [4.78, 5) is 19.8. The topological polar surface area (TPSA) is 55.4 Å². The van der Waals surface area contributed by atoms with Gasteiger partial charge < -0.3 is 10.1 Å². The number of cyclic esters (lactones) is 2. The Balaban J connectivity index is 0.000000288. The summed E-state index contributed by atoms with van der Waals surface area (Å²) in [7, 11) is 0. The Labute approximate surface area is 97.1 Å². The largest absolute Gasteiger partial charge is 0.387 e. The van der Waals surface area contributed by atoms with E-state index in [1.807, 2.05) is 0 Å². The molecule has 0 spiro atoms. The van der Waals surface area contributed by atoms with Crippen LogP contribution in [0, 0.1) is 0 Å². The molecule has 16 heavy (non-hydrogen) atoms. The van der Waals surface area contributed by atoms with Gasteiger partial charge in [-0.2, -0.15) is 0 Å². The van der Waals surface area contributed by atoms with E-state index in [9.17, 15) is 9.59 Å². The van der Waals surface area contributed by atoms with Gasteiger partial charge in [-0.3, -0.25) is 0 Å². The molecule has 0 aliphatic carbocycles. The Bertz CT molecular complexity index is 214. The monoisotopic (exact) mass is 227 g/mol. The maximum Gasteiger partial charge on any atom is 0.338 e. The van der Waals surface area contributed by atoms with E-state index in [2.05, 4.69) is 23.9 Å². The van der Waals surface area contributed by atoms with Crippen molar-refractivity contribution in [1.82, 2.24) is 5.32 Å². The summed E-state index contributed by atoms with van der Waals surface area (Å²) in [6, 6.07) is 0. The Kier molecular flexibility index (Phi) is 9.61. The molecule has 0 saturated heterocycles. The summed E-state index contributed by atoms with van der Waals surface area (Å²) >= 11 is 0. The fourth-order valence-electron chi connectivity index (χ4n) is 1.03. The van der Waals surface area contributed by atoms with Crippen molar-refractivity contribution in [2.45, 2.75) is 39.5 Å². The Hall–Kier alpha value is -1.16. The first-order chi connectivity index (χ1) is 7.70. The highest BCUT2D eigenvalue weighted by Crippen LogP contribution is 1.92. The number of ether oxygens (including phenoxy) is 1. The van der Waals surface area contributed by atoms with E-state index in [-0.39, 0.29) is 0 Å². The minimum atomic E-state index is -0.579. The van der Waals surface area contributed by atoms with Crippen LogP contribution in [0.2, 0.25) is 0 Å². The summed E-state index contributed by atoms with van der Waals surface area (Å²) in [5.74, 6) is -1.16. The Morgan fingerprint density at radius 1 is 1.00 bits per heavy atom.